The Morgan fingerprint density at radius 3 is 2.86 bits per heavy atom. The van der Waals surface area contributed by atoms with Crippen LogP contribution in [0.4, 0.5) is 8.78 Å². The first-order valence-corrected chi connectivity index (χ1v) is 7.41. The van der Waals surface area contributed by atoms with Crippen LogP contribution >= 0.6 is 11.3 Å². The Bertz CT molecular complexity index is 628. The molecular formula is C15H15F2NO2S. The third-order valence-electron chi connectivity index (χ3n) is 2.70. The topological polar surface area (TPSA) is 38.3 Å². The van der Waals surface area contributed by atoms with E-state index in [4.69, 9.17) is 4.74 Å². The fourth-order valence-corrected chi connectivity index (χ4v) is 2.46. The molecule has 1 aromatic carbocycles. The third kappa shape index (κ3) is 4.26. The van der Waals surface area contributed by atoms with Crippen molar-refractivity contribution in [3.05, 3.63) is 51.7 Å². The van der Waals surface area contributed by atoms with E-state index in [1.165, 1.54) is 17.4 Å². The largest absolute Gasteiger partial charge is 0.486 e. The van der Waals surface area contributed by atoms with Crippen LogP contribution in [0, 0.1) is 11.6 Å². The number of halogens is 2. The summed E-state index contributed by atoms with van der Waals surface area (Å²) >= 11 is 1.30. The van der Waals surface area contributed by atoms with Crippen molar-refractivity contribution in [2.75, 3.05) is 6.54 Å². The molecule has 6 heteroatoms. The first kappa shape index (κ1) is 15.4. The van der Waals surface area contributed by atoms with Gasteiger partial charge in [0.05, 0.1) is 4.88 Å². The summed E-state index contributed by atoms with van der Waals surface area (Å²) in [6, 6.07) is 4.85. The molecular weight excluding hydrogens is 296 g/mol. The Balaban J connectivity index is 1.95. The predicted octanol–water partition coefficient (Wildman–Crippen LogP) is 3.75. The zero-order chi connectivity index (χ0) is 15.2. The highest BCUT2D eigenvalue weighted by atomic mass is 32.1. The second-order valence-corrected chi connectivity index (χ2v) is 5.35. The van der Waals surface area contributed by atoms with Crippen LogP contribution in [0.25, 0.3) is 0 Å². The number of benzene rings is 1. The lowest BCUT2D eigenvalue weighted by Gasteiger charge is -2.05. The smallest absolute Gasteiger partial charge is 0.261 e. The minimum atomic E-state index is -0.744. The van der Waals surface area contributed by atoms with E-state index in [-0.39, 0.29) is 18.3 Å². The molecule has 1 amide bonds. The molecule has 2 aromatic rings. The summed E-state index contributed by atoms with van der Waals surface area (Å²) in [6.45, 7) is 2.73. The number of nitrogens with one attached hydrogen (secondary N) is 1. The Morgan fingerprint density at radius 1 is 1.33 bits per heavy atom. The van der Waals surface area contributed by atoms with E-state index in [9.17, 15) is 13.6 Å². The molecule has 0 radical (unpaired) electrons. The number of amides is 1. The summed E-state index contributed by atoms with van der Waals surface area (Å²) in [5.74, 6) is -1.53. The lowest BCUT2D eigenvalue weighted by Crippen LogP contribution is -2.22. The Labute approximate surface area is 125 Å². The number of hydrogen-bond donors (Lipinski definition) is 1. The van der Waals surface area contributed by atoms with E-state index in [0.29, 0.717) is 11.4 Å². The number of thiophene rings is 1. The van der Waals surface area contributed by atoms with Crippen molar-refractivity contribution in [1.82, 2.24) is 5.32 Å². The normalized spacial score (nSPS) is 10.4. The molecule has 0 aliphatic heterocycles. The monoisotopic (exact) mass is 311 g/mol. The lowest BCUT2D eigenvalue weighted by molar-refractivity contribution is 0.0957. The van der Waals surface area contributed by atoms with Crippen LogP contribution in [-0.2, 0) is 6.61 Å². The van der Waals surface area contributed by atoms with Gasteiger partial charge in [-0.15, -0.1) is 11.3 Å². The van der Waals surface area contributed by atoms with Crippen LogP contribution < -0.4 is 10.1 Å². The SMILES string of the molecule is CCCNC(=O)c1cc(COc2ccc(F)cc2F)cs1. The Hall–Kier alpha value is -1.95. The number of carbonyl (C=O) groups is 1. The van der Waals surface area contributed by atoms with Crippen LogP contribution in [-0.4, -0.2) is 12.5 Å². The summed E-state index contributed by atoms with van der Waals surface area (Å²) in [4.78, 5) is 12.3. The number of carbonyl (C=O) groups excluding carboxylic acids is 1. The molecule has 0 fully saturated rings. The maximum atomic E-state index is 13.4. The third-order valence-corrected chi connectivity index (χ3v) is 3.68. The molecule has 0 atom stereocenters. The summed E-state index contributed by atoms with van der Waals surface area (Å²) < 4.78 is 31.5. The van der Waals surface area contributed by atoms with Gasteiger partial charge in [-0.05, 0) is 30.0 Å². The van der Waals surface area contributed by atoms with Gasteiger partial charge in [0, 0.05) is 18.2 Å². The van der Waals surface area contributed by atoms with Crippen LogP contribution in [0.15, 0.2) is 29.6 Å². The maximum Gasteiger partial charge on any atom is 0.261 e. The highest BCUT2D eigenvalue weighted by molar-refractivity contribution is 7.12. The summed E-state index contributed by atoms with van der Waals surface area (Å²) in [5.41, 5.74) is 0.769. The Kier molecular flexibility index (Phi) is 5.27. The van der Waals surface area contributed by atoms with Crippen molar-refractivity contribution < 1.29 is 18.3 Å². The zero-order valence-electron chi connectivity index (χ0n) is 11.5. The molecule has 2 rings (SSSR count). The van der Waals surface area contributed by atoms with Crippen LogP contribution in [0.2, 0.25) is 0 Å². The number of ether oxygens (including phenoxy) is 1. The van der Waals surface area contributed by atoms with E-state index < -0.39 is 11.6 Å². The molecule has 3 nitrogen and oxygen atoms in total. The van der Waals surface area contributed by atoms with Gasteiger partial charge in [0.1, 0.15) is 12.4 Å². The average molecular weight is 311 g/mol. The molecule has 21 heavy (non-hydrogen) atoms. The molecule has 0 saturated heterocycles. The quantitative estimate of drug-likeness (QED) is 0.882. The molecule has 1 N–H and O–H groups in total. The van der Waals surface area contributed by atoms with Gasteiger partial charge >= 0.3 is 0 Å². The number of rotatable bonds is 6. The fraction of sp³-hybridized carbons (Fsp3) is 0.267. The summed E-state index contributed by atoms with van der Waals surface area (Å²) in [6.07, 6.45) is 0.872. The molecule has 1 heterocycles. The standard InChI is InChI=1S/C15H15F2NO2S/c1-2-5-18-15(19)14-6-10(9-21-14)8-20-13-4-3-11(16)7-12(13)17/h3-4,6-7,9H,2,5,8H2,1H3,(H,18,19). The molecule has 1 aromatic heterocycles. The van der Waals surface area contributed by atoms with Crippen molar-refractivity contribution in [2.24, 2.45) is 0 Å². The average Bonchev–Trinajstić information content (AvgIpc) is 2.93. The van der Waals surface area contributed by atoms with Gasteiger partial charge in [-0.25, -0.2) is 8.78 Å². The molecule has 0 unspecified atom stereocenters. The first-order chi connectivity index (χ1) is 10.1. The van der Waals surface area contributed by atoms with Gasteiger partial charge in [-0.3, -0.25) is 4.79 Å². The van der Waals surface area contributed by atoms with Gasteiger partial charge in [0.2, 0.25) is 0 Å². The second-order valence-electron chi connectivity index (χ2n) is 4.44. The van der Waals surface area contributed by atoms with E-state index in [2.05, 4.69) is 5.32 Å². The summed E-state index contributed by atoms with van der Waals surface area (Å²) in [5, 5.41) is 4.56. The van der Waals surface area contributed by atoms with Crippen molar-refractivity contribution in [3.8, 4) is 5.75 Å². The van der Waals surface area contributed by atoms with Crippen molar-refractivity contribution in [3.63, 3.8) is 0 Å². The molecule has 0 saturated carbocycles. The van der Waals surface area contributed by atoms with Gasteiger partial charge in [0.15, 0.2) is 11.6 Å². The lowest BCUT2D eigenvalue weighted by atomic mass is 10.3. The highest BCUT2D eigenvalue weighted by Crippen LogP contribution is 2.21. The number of hydrogen-bond acceptors (Lipinski definition) is 3. The van der Waals surface area contributed by atoms with Gasteiger partial charge < -0.3 is 10.1 Å². The first-order valence-electron chi connectivity index (χ1n) is 6.53. The van der Waals surface area contributed by atoms with E-state index in [1.54, 1.807) is 11.4 Å². The van der Waals surface area contributed by atoms with Crippen molar-refractivity contribution in [1.29, 1.82) is 0 Å². The van der Waals surface area contributed by atoms with Gasteiger partial charge in [-0.2, -0.15) is 0 Å². The minimum Gasteiger partial charge on any atom is -0.486 e. The van der Waals surface area contributed by atoms with Crippen LogP contribution in [0.5, 0.6) is 5.75 Å². The summed E-state index contributed by atoms with van der Waals surface area (Å²) in [7, 11) is 0. The van der Waals surface area contributed by atoms with Crippen molar-refractivity contribution in [2.45, 2.75) is 20.0 Å². The second kappa shape index (κ2) is 7.17. The Morgan fingerprint density at radius 2 is 2.14 bits per heavy atom. The van der Waals surface area contributed by atoms with E-state index >= 15 is 0 Å². The van der Waals surface area contributed by atoms with Crippen LogP contribution in [0.3, 0.4) is 0 Å². The van der Waals surface area contributed by atoms with Gasteiger partial charge in [0.25, 0.3) is 5.91 Å². The molecule has 0 spiro atoms. The fourth-order valence-electron chi connectivity index (χ4n) is 1.65. The zero-order valence-corrected chi connectivity index (χ0v) is 12.3. The molecule has 112 valence electrons. The van der Waals surface area contributed by atoms with E-state index in [0.717, 1.165) is 24.1 Å². The van der Waals surface area contributed by atoms with Crippen molar-refractivity contribution >= 4 is 17.2 Å². The predicted molar refractivity (Wildman–Crippen MR) is 77.6 cm³/mol. The van der Waals surface area contributed by atoms with Crippen LogP contribution in [0.1, 0.15) is 28.6 Å². The minimum absolute atomic E-state index is 0.0143. The molecule has 0 aliphatic rings. The van der Waals surface area contributed by atoms with Gasteiger partial charge in [-0.1, -0.05) is 6.92 Å². The molecule has 0 bridgehead atoms. The highest BCUT2D eigenvalue weighted by Gasteiger charge is 2.10. The van der Waals surface area contributed by atoms with E-state index in [1.807, 2.05) is 6.92 Å². The molecule has 0 aliphatic carbocycles. The maximum absolute atomic E-state index is 13.4.